The molecule has 2 heterocycles. The summed E-state index contributed by atoms with van der Waals surface area (Å²) in [7, 11) is 0. The highest BCUT2D eigenvalue weighted by Gasteiger charge is 2.32. The highest BCUT2D eigenvalue weighted by Crippen LogP contribution is 2.35. The zero-order valence-electron chi connectivity index (χ0n) is 11.9. The molecule has 1 saturated heterocycles. The van der Waals surface area contributed by atoms with Crippen LogP contribution in [0, 0.1) is 10.7 Å². The zero-order valence-corrected chi connectivity index (χ0v) is 12.7. The number of rotatable bonds is 3. The maximum absolute atomic E-state index is 5.47. The summed E-state index contributed by atoms with van der Waals surface area (Å²) in [6, 6.07) is 1.18. The smallest absolute Gasteiger partial charge is 0.226 e. The third-order valence-electron chi connectivity index (χ3n) is 4.70. The lowest BCUT2D eigenvalue weighted by Gasteiger charge is -2.29. The predicted octanol–water partition coefficient (Wildman–Crippen LogP) is 3.68. The highest BCUT2D eigenvalue weighted by molar-refractivity contribution is 7.71. The van der Waals surface area contributed by atoms with Crippen LogP contribution in [-0.2, 0) is 0 Å². The van der Waals surface area contributed by atoms with Crippen molar-refractivity contribution < 1.29 is 0 Å². The third kappa shape index (κ3) is 2.33. The normalized spacial score (nSPS) is 24.8. The first kappa shape index (κ1) is 13.2. The van der Waals surface area contributed by atoms with Crippen molar-refractivity contribution in [3.8, 4) is 0 Å². The average Bonchev–Trinajstić information content (AvgIpc) is 3.06. The topological polar surface area (TPSA) is 36.9 Å². The van der Waals surface area contributed by atoms with Crippen LogP contribution in [-0.4, -0.2) is 27.4 Å². The van der Waals surface area contributed by atoms with Crippen molar-refractivity contribution in [2.45, 2.75) is 64.5 Å². The van der Waals surface area contributed by atoms with Crippen molar-refractivity contribution in [1.82, 2.24) is 14.8 Å². The van der Waals surface area contributed by atoms with Gasteiger partial charge in [-0.1, -0.05) is 26.7 Å². The van der Waals surface area contributed by atoms with Crippen LogP contribution in [0.3, 0.4) is 0 Å². The first-order chi connectivity index (χ1) is 9.18. The number of hydrogen-bond donors (Lipinski definition) is 1. The summed E-state index contributed by atoms with van der Waals surface area (Å²) in [6.45, 7) is 5.74. The van der Waals surface area contributed by atoms with Crippen molar-refractivity contribution in [2.75, 3.05) is 11.4 Å². The van der Waals surface area contributed by atoms with Gasteiger partial charge in [0.15, 0.2) is 4.77 Å². The summed E-state index contributed by atoms with van der Waals surface area (Å²) in [6.07, 6.45) is 7.70. The van der Waals surface area contributed by atoms with Gasteiger partial charge in [-0.3, -0.25) is 4.57 Å². The Morgan fingerprint density at radius 2 is 1.95 bits per heavy atom. The number of anilines is 1. The van der Waals surface area contributed by atoms with Gasteiger partial charge in [0.2, 0.25) is 5.95 Å². The third-order valence-corrected chi connectivity index (χ3v) is 4.99. The summed E-state index contributed by atoms with van der Waals surface area (Å²) < 4.78 is 3.10. The molecule has 1 atom stereocenters. The molecule has 2 aliphatic rings. The van der Waals surface area contributed by atoms with Crippen molar-refractivity contribution in [3.05, 3.63) is 4.77 Å². The lowest BCUT2D eigenvalue weighted by Crippen LogP contribution is -2.35. The van der Waals surface area contributed by atoms with Gasteiger partial charge in [-0.2, -0.15) is 0 Å². The summed E-state index contributed by atoms with van der Waals surface area (Å²) >= 11 is 5.47. The van der Waals surface area contributed by atoms with E-state index in [1.165, 1.54) is 38.5 Å². The molecular weight excluding hydrogens is 256 g/mol. The van der Waals surface area contributed by atoms with E-state index in [0.29, 0.717) is 18.0 Å². The van der Waals surface area contributed by atoms with E-state index in [0.717, 1.165) is 17.3 Å². The van der Waals surface area contributed by atoms with E-state index in [2.05, 4.69) is 33.5 Å². The molecule has 106 valence electrons. The van der Waals surface area contributed by atoms with E-state index in [1.54, 1.807) is 0 Å². The van der Waals surface area contributed by atoms with E-state index in [-0.39, 0.29) is 0 Å². The number of hydrogen-bond acceptors (Lipinski definition) is 3. The molecule has 5 heteroatoms. The largest absolute Gasteiger partial charge is 0.338 e. The molecule has 3 rings (SSSR count). The summed E-state index contributed by atoms with van der Waals surface area (Å²) in [5.74, 6) is 1.76. The van der Waals surface area contributed by atoms with Crippen LogP contribution in [0.15, 0.2) is 0 Å². The maximum atomic E-state index is 5.47. The molecule has 0 radical (unpaired) electrons. The van der Waals surface area contributed by atoms with Gasteiger partial charge >= 0.3 is 0 Å². The number of nitrogens with zero attached hydrogens (tertiary/aromatic N) is 3. The average molecular weight is 280 g/mol. The standard InChI is InChI=1S/C14H24N4S/c1-10(2)12-8-5-9-17(12)13-15-16-14(19)18(13)11-6-3-4-7-11/h10-12H,3-9H2,1-2H3,(H,16,19). The molecule has 0 spiro atoms. The van der Waals surface area contributed by atoms with Crippen molar-refractivity contribution >= 4 is 18.2 Å². The second kappa shape index (κ2) is 5.27. The van der Waals surface area contributed by atoms with Gasteiger partial charge < -0.3 is 4.90 Å². The molecule has 1 N–H and O–H groups in total. The lowest BCUT2D eigenvalue weighted by molar-refractivity contribution is 0.462. The van der Waals surface area contributed by atoms with Gasteiger partial charge in [-0.25, -0.2) is 5.10 Å². The Hall–Kier alpha value is -0.840. The van der Waals surface area contributed by atoms with E-state index in [9.17, 15) is 0 Å². The second-order valence-corrected chi connectivity index (χ2v) is 6.67. The Labute approximate surface area is 120 Å². The Bertz CT molecular complexity index is 484. The minimum Gasteiger partial charge on any atom is -0.338 e. The minimum absolute atomic E-state index is 0.565. The van der Waals surface area contributed by atoms with Crippen LogP contribution < -0.4 is 4.90 Å². The predicted molar refractivity (Wildman–Crippen MR) is 80.1 cm³/mol. The van der Waals surface area contributed by atoms with Crippen molar-refractivity contribution in [1.29, 1.82) is 0 Å². The number of aromatic nitrogens is 3. The van der Waals surface area contributed by atoms with Gasteiger partial charge in [0.05, 0.1) is 0 Å². The summed E-state index contributed by atoms with van der Waals surface area (Å²) in [5, 5.41) is 7.57. The lowest BCUT2D eigenvalue weighted by atomic mass is 10.0. The second-order valence-electron chi connectivity index (χ2n) is 6.28. The van der Waals surface area contributed by atoms with Crippen LogP contribution >= 0.6 is 12.2 Å². The van der Waals surface area contributed by atoms with E-state index in [4.69, 9.17) is 12.2 Å². The molecule has 1 saturated carbocycles. The van der Waals surface area contributed by atoms with Crippen molar-refractivity contribution in [2.24, 2.45) is 5.92 Å². The molecule has 0 amide bonds. The Morgan fingerprint density at radius 1 is 1.21 bits per heavy atom. The molecule has 1 aromatic heterocycles. The zero-order chi connectivity index (χ0) is 13.4. The van der Waals surface area contributed by atoms with Crippen LogP contribution in [0.5, 0.6) is 0 Å². The monoisotopic (exact) mass is 280 g/mol. The van der Waals surface area contributed by atoms with Gasteiger partial charge in [-0.05, 0) is 43.8 Å². The molecule has 0 aromatic carbocycles. The van der Waals surface area contributed by atoms with E-state index < -0.39 is 0 Å². The van der Waals surface area contributed by atoms with Gasteiger partial charge in [0.25, 0.3) is 0 Å². The molecule has 2 fully saturated rings. The molecular formula is C14H24N4S. The van der Waals surface area contributed by atoms with Gasteiger partial charge in [0, 0.05) is 18.6 Å². The number of aromatic amines is 1. The van der Waals surface area contributed by atoms with Gasteiger partial charge in [0.1, 0.15) is 0 Å². The number of nitrogens with one attached hydrogen (secondary N) is 1. The van der Waals surface area contributed by atoms with Crippen LogP contribution in [0.4, 0.5) is 5.95 Å². The number of H-pyrrole nitrogens is 1. The molecule has 4 nitrogen and oxygen atoms in total. The fourth-order valence-electron chi connectivity index (χ4n) is 3.72. The summed E-state index contributed by atoms with van der Waals surface area (Å²) in [5.41, 5.74) is 0. The maximum Gasteiger partial charge on any atom is 0.226 e. The van der Waals surface area contributed by atoms with E-state index in [1.807, 2.05) is 0 Å². The first-order valence-electron chi connectivity index (χ1n) is 7.62. The quantitative estimate of drug-likeness (QED) is 0.858. The Balaban J connectivity index is 1.94. The van der Waals surface area contributed by atoms with Crippen LogP contribution in [0.1, 0.15) is 58.4 Å². The van der Waals surface area contributed by atoms with E-state index >= 15 is 0 Å². The Morgan fingerprint density at radius 3 is 2.63 bits per heavy atom. The molecule has 1 aromatic rings. The minimum atomic E-state index is 0.565. The van der Waals surface area contributed by atoms with Gasteiger partial charge in [-0.15, -0.1) is 5.10 Å². The first-order valence-corrected chi connectivity index (χ1v) is 8.03. The molecule has 1 unspecified atom stereocenters. The fourth-order valence-corrected chi connectivity index (χ4v) is 4.00. The fraction of sp³-hybridized carbons (Fsp3) is 0.857. The molecule has 0 bridgehead atoms. The SMILES string of the molecule is CC(C)C1CCCN1c1n[nH]c(=S)n1C1CCCC1. The van der Waals surface area contributed by atoms with Crippen LogP contribution in [0.2, 0.25) is 0 Å². The van der Waals surface area contributed by atoms with Crippen LogP contribution in [0.25, 0.3) is 0 Å². The highest BCUT2D eigenvalue weighted by atomic mass is 32.1. The molecule has 19 heavy (non-hydrogen) atoms. The molecule has 1 aliphatic carbocycles. The Kier molecular flexibility index (Phi) is 3.65. The molecule has 1 aliphatic heterocycles. The summed E-state index contributed by atoms with van der Waals surface area (Å²) in [4.78, 5) is 2.48. The van der Waals surface area contributed by atoms with Crippen molar-refractivity contribution in [3.63, 3.8) is 0 Å².